The monoisotopic (exact) mass is 671 g/mol. The molecule has 3 heterocycles. The molecule has 0 spiro atoms. The number of ether oxygens (including phenoxy) is 4. The fraction of sp³-hybridized carbons (Fsp3) is 0.231. The normalized spacial score (nSPS) is 17.7. The van der Waals surface area contributed by atoms with Gasteiger partial charge in [0.25, 0.3) is 5.91 Å². The lowest BCUT2D eigenvalue weighted by Gasteiger charge is -2.40. The molecular weight excluding hydrogens is 634 g/mol. The number of carbonyl (C=O) groups is 1. The highest BCUT2D eigenvalue weighted by atomic mass is 16.6. The molecule has 1 aliphatic heterocycles. The molecule has 1 saturated heterocycles. The number of anilines is 1. The van der Waals surface area contributed by atoms with Gasteiger partial charge in [-0.05, 0) is 65.9 Å². The average Bonchev–Trinajstić information content (AvgIpc) is 3.62. The van der Waals surface area contributed by atoms with E-state index >= 15 is 0 Å². The molecule has 3 atom stereocenters. The van der Waals surface area contributed by atoms with Crippen LogP contribution in [-0.2, 0) is 15.1 Å². The number of hydrogen-bond donors (Lipinski definition) is 2. The molecule has 1 amide bonds. The lowest BCUT2D eigenvalue weighted by Crippen LogP contribution is -2.43. The van der Waals surface area contributed by atoms with Crippen LogP contribution in [0, 0.1) is 0 Å². The van der Waals surface area contributed by atoms with Crippen LogP contribution in [0.25, 0.3) is 11.2 Å². The van der Waals surface area contributed by atoms with Gasteiger partial charge in [0.2, 0.25) is 0 Å². The number of amides is 1. The highest BCUT2D eigenvalue weighted by Crippen LogP contribution is 2.42. The molecule has 0 aliphatic carbocycles. The summed E-state index contributed by atoms with van der Waals surface area (Å²) in [7, 11) is 3.27. The van der Waals surface area contributed by atoms with Crippen LogP contribution in [0.15, 0.2) is 122 Å². The van der Waals surface area contributed by atoms with Gasteiger partial charge in [-0.1, -0.05) is 72.8 Å². The van der Waals surface area contributed by atoms with Gasteiger partial charge in [-0.3, -0.25) is 9.36 Å². The Kier molecular flexibility index (Phi) is 9.52. The summed E-state index contributed by atoms with van der Waals surface area (Å²) in [5.41, 5.74) is 3.01. The van der Waals surface area contributed by atoms with Gasteiger partial charge < -0.3 is 29.4 Å². The number of carbonyl (C=O) groups excluding carboxylic acids is 1. The third-order valence-corrected chi connectivity index (χ3v) is 9.04. The number of imidazole rings is 1. The predicted molar refractivity (Wildman–Crippen MR) is 187 cm³/mol. The molecule has 11 heteroatoms. The number of aliphatic hydroxyl groups excluding tert-OH is 1. The SMILES string of the molecule is COc1ccc(C(OC[C@H]2O[C@@H](n3cnc4c(NC(=O)c5ccccc5)ncnc43)CC[C@@H]2O)(c2ccccc2)c2ccc(OC)cc2)cc1. The second kappa shape index (κ2) is 14.5. The lowest BCUT2D eigenvalue weighted by atomic mass is 9.80. The molecule has 0 unspecified atom stereocenters. The summed E-state index contributed by atoms with van der Waals surface area (Å²) in [6.07, 6.45) is 2.02. The predicted octanol–water partition coefficient (Wildman–Crippen LogP) is 6.14. The molecule has 1 fully saturated rings. The molecule has 254 valence electrons. The van der Waals surface area contributed by atoms with Crippen LogP contribution in [0.4, 0.5) is 5.82 Å². The molecule has 11 nitrogen and oxygen atoms in total. The van der Waals surface area contributed by atoms with Gasteiger partial charge in [-0.25, -0.2) is 15.0 Å². The zero-order chi connectivity index (χ0) is 34.5. The fourth-order valence-corrected chi connectivity index (χ4v) is 6.42. The number of aromatic nitrogens is 4. The summed E-state index contributed by atoms with van der Waals surface area (Å²) in [6, 6.07) is 34.5. The van der Waals surface area contributed by atoms with Gasteiger partial charge in [0.1, 0.15) is 35.8 Å². The van der Waals surface area contributed by atoms with Crippen molar-refractivity contribution in [3.63, 3.8) is 0 Å². The van der Waals surface area contributed by atoms with E-state index in [1.54, 1.807) is 44.8 Å². The maximum atomic E-state index is 12.9. The molecule has 1 aliphatic rings. The molecule has 6 aromatic rings. The van der Waals surface area contributed by atoms with E-state index in [9.17, 15) is 9.90 Å². The Hall–Kier alpha value is -5.62. The van der Waals surface area contributed by atoms with Crippen molar-refractivity contribution < 1.29 is 28.8 Å². The summed E-state index contributed by atoms with van der Waals surface area (Å²) < 4.78 is 26.4. The second-order valence-electron chi connectivity index (χ2n) is 12.0. The maximum absolute atomic E-state index is 12.9. The molecular formula is C39H37N5O6. The largest absolute Gasteiger partial charge is 0.497 e. The van der Waals surface area contributed by atoms with Crippen molar-refractivity contribution in [2.75, 3.05) is 26.1 Å². The Labute approximate surface area is 289 Å². The van der Waals surface area contributed by atoms with Crippen molar-refractivity contribution in [2.24, 2.45) is 0 Å². The standard InChI is InChI=1S/C39H37N5O6/c1-47-30-17-13-28(14-18-30)39(27-11-7-4-8-12-27,29-15-19-31(48-2)20-16-29)49-23-33-32(45)21-22-34(50-33)44-25-42-35-36(40-24-41-37(35)44)43-38(46)26-9-5-3-6-10-26/h3-20,24-25,32-34,45H,21-23H2,1-2H3,(H,40,41,43,46)/t32-,33+,34+/m0/s1. The molecule has 7 rings (SSSR count). The molecule has 0 saturated carbocycles. The van der Waals surface area contributed by atoms with Gasteiger partial charge in [0, 0.05) is 5.56 Å². The van der Waals surface area contributed by atoms with Crippen molar-refractivity contribution in [3.05, 3.63) is 144 Å². The quantitative estimate of drug-likeness (QED) is 0.156. The number of methoxy groups -OCH3 is 2. The molecule has 2 aromatic heterocycles. The zero-order valence-corrected chi connectivity index (χ0v) is 27.7. The smallest absolute Gasteiger partial charge is 0.256 e. The Morgan fingerprint density at radius 3 is 2.04 bits per heavy atom. The van der Waals surface area contributed by atoms with Crippen molar-refractivity contribution >= 4 is 22.9 Å². The Balaban J connectivity index is 1.19. The first-order chi connectivity index (χ1) is 24.5. The molecule has 2 N–H and O–H groups in total. The number of nitrogens with zero attached hydrogens (tertiary/aromatic N) is 4. The van der Waals surface area contributed by atoms with E-state index < -0.39 is 24.0 Å². The van der Waals surface area contributed by atoms with E-state index in [0.29, 0.717) is 35.4 Å². The summed E-state index contributed by atoms with van der Waals surface area (Å²) in [4.78, 5) is 26.2. The zero-order valence-electron chi connectivity index (χ0n) is 27.7. The maximum Gasteiger partial charge on any atom is 0.256 e. The number of fused-ring (bicyclic) bond motifs is 1. The molecule has 4 aromatic carbocycles. The fourth-order valence-electron chi connectivity index (χ4n) is 6.42. The van der Waals surface area contributed by atoms with Gasteiger partial charge in [-0.2, -0.15) is 0 Å². The molecule has 0 bridgehead atoms. The van der Waals surface area contributed by atoms with Gasteiger partial charge >= 0.3 is 0 Å². The number of rotatable bonds is 11. The molecule has 50 heavy (non-hydrogen) atoms. The summed E-state index contributed by atoms with van der Waals surface area (Å²) in [6.45, 7) is 0.0601. The van der Waals surface area contributed by atoms with Crippen LogP contribution in [0.2, 0.25) is 0 Å². The summed E-state index contributed by atoms with van der Waals surface area (Å²) >= 11 is 0. The highest BCUT2D eigenvalue weighted by molar-refractivity contribution is 6.06. The molecule has 0 radical (unpaired) electrons. The third kappa shape index (κ3) is 6.41. The van der Waals surface area contributed by atoms with E-state index in [4.69, 9.17) is 18.9 Å². The summed E-state index contributed by atoms with van der Waals surface area (Å²) in [5.74, 6) is 1.44. The minimum Gasteiger partial charge on any atom is -0.497 e. The van der Waals surface area contributed by atoms with Gasteiger partial charge in [-0.15, -0.1) is 0 Å². The topological polar surface area (TPSA) is 130 Å². The van der Waals surface area contributed by atoms with Crippen LogP contribution in [0.5, 0.6) is 11.5 Å². The van der Waals surface area contributed by atoms with Crippen molar-refractivity contribution in [1.29, 1.82) is 0 Å². The average molecular weight is 672 g/mol. The number of hydrogen-bond acceptors (Lipinski definition) is 9. The number of nitrogens with one attached hydrogen (secondary N) is 1. The van der Waals surface area contributed by atoms with E-state index in [2.05, 4.69) is 20.3 Å². The number of aliphatic hydroxyl groups is 1. The van der Waals surface area contributed by atoms with E-state index in [-0.39, 0.29) is 12.5 Å². The van der Waals surface area contributed by atoms with E-state index in [1.165, 1.54) is 6.33 Å². The van der Waals surface area contributed by atoms with Gasteiger partial charge in [0.05, 0.1) is 33.3 Å². The first-order valence-corrected chi connectivity index (χ1v) is 16.4. The van der Waals surface area contributed by atoms with Crippen molar-refractivity contribution in [3.8, 4) is 11.5 Å². The lowest BCUT2D eigenvalue weighted by molar-refractivity contribution is -0.177. The van der Waals surface area contributed by atoms with Crippen LogP contribution in [-0.4, -0.2) is 63.6 Å². The van der Waals surface area contributed by atoms with Gasteiger partial charge in [0.15, 0.2) is 17.0 Å². The van der Waals surface area contributed by atoms with Crippen LogP contribution >= 0.6 is 0 Å². The first-order valence-electron chi connectivity index (χ1n) is 16.4. The Bertz CT molecular complexity index is 1990. The van der Waals surface area contributed by atoms with Crippen molar-refractivity contribution in [2.45, 2.75) is 36.9 Å². The Morgan fingerprint density at radius 2 is 1.42 bits per heavy atom. The van der Waals surface area contributed by atoms with Crippen LogP contribution in [0.1, 0.15) is 46.1 Å². The third-order valence-electron chi connectivity index (χ3n) is 9.04. The minimum absolute atomic E-state index is 0.0601. The summed E-state index contributed by atoms with van der Waals surface area (Å²) in [5, 5.41) is 14.1. The Morgan fingerprint density at radius 1 is 0.820 bits per heavy atom. The van der Waals surface area contributed by atoms with Crippen LogP contribution < -0.4 is 14.8 Å². The van der Waals surface area contributed by atoms with Crippen molar-refractivity contribution in [1.82, 2.24) is 19.5 Å². The van der Waals surface area contributed by atoms with Crippen LogP contribution in [0.3, 0.4) is 0 Å². The minimum atomic E-state index is -1.07. The highest BCUT2D eigenvalue weighted by Gasteiger charge is 2.41. The first kappa shape index (κ1) is 32.9. The van der Waals surface area contributed by atoms with E-state index in [1.807, 2.05) is 89.5 Å². The second-order valence-corrected chi connectivity index (χ2v) is 12.0. The number of benzene rings is 4. The van der Waals surface area contributed by atoms with E-state index in [0.717, 1.165) is 28.2 Å².